The predicted octanol–water partition coefficient (Wildman–Crippen LogP) is 13.4. The van der Waals surface area contributed by atoms with Crippen molar-refractivity contribution in [3.8, 4) is 0 Å². The third-order valence-electron chi connectivity index (χ3n) is 32.9. The number of anilines is 2. The van der Waals surface area contributed by atoms with Crippen LogP contribution in [-0.4, -0.2) is 227 Å². The van der Waals surface area contributed by atoms with E-state index in [1.54, 1.807) is 134 Å². The molecule has 8 bridgehead atoms. The molecule has 8 amide bonds. The molecule has 16 fully saturated rings. The zero-order chi connectivity index (χ0) is 93.6. The fourth-order valence-electron chi connectivity index (χ4n) is 27.1. The minimum Gasteiger partial charge on any atom is -0.362 e. The average Bonchev–Trinajstić information content (AvgIpc) is 1.44. The maximum Gasteiger partial charge on any atom is 0.347 e. The maximum atomic E-state index is 16.8. The number of para-hydroxylation sites is 2. The Morgan fingerprint density at radius 2 is 0.795 bits per heavy atom. The van der Waals surface area contributed by atoms with Gasteiger partial charge in [0.15, 0.2) is 19.5 Å². The Hall–Kier alpha value is -9.13. The number of nitrogens with zero attached hydrogens (tertiary/aromatic N) is 16. The summed E-state index contributed by atoms with van der Waals surface area (Å²) in [6.07, 6.45) is -0.611. The second kappa shape index (κ2) is 29.2. The standard InChI is InChI=1S/C52H66N8O10SSi2.C40H38N8O6S5/c1-32(2)72(33(3)4)67-47(9)43(61)58-41-29-36-21-15-16-24-38(36)49(41,30-51(58,69-72)45(63)56(47)11)50-31-52-46(64)57(28-20-19-27-54-55-53)48(10,68-73(70-52,34(5)6)35(7)8)44(62)59(52)42(50)60(40-26-18-17-25-39(40)50)71(65,66)37-22-13-12-14-23-37;1-35-31(49)46-29-21-24-13-7-8-16-26(24)37(29,22-39(46,57-55-35)33(51)44(35)3)38-23-40-34(52)45(20-12-11-19-42-43-41)36(2,56-58-40)32(50)47(40)30(38)48(28-18-10-9-17-27(28)38)59(53,54)25-14-5-4-6-15-25/h12-18,21-26,32-35,41-42H,19-20,27-31H2,1-11H3;4-10,13-18,29-30H,11-12,19-23H2,1-3H3/t41-,42-,47+,48+,49-,50-,51+,52+;29-,30-,35-,36-,37-,38-,39-,40-/m00/s1. The molecule has 40 heteroatoms. The number of amides is 8. The number of hydrogen-bond donors (Lipinski definition) is 0. The first-order chi connectivity index (χ1) is 62.6. The number of sulfonamides is 2. The van der Waals surface area contributed by atoms with Crippen LogP contribution < -0.4 is 8.61 Å². The molecule has 0 aromatic heterocycles. The largest absolute Gasteiger partial charge is 0.362 e. The van der Waals surface area contributed by atoms with Gasteiger partial charge in [-0.2, -0.15) is 0 Å². The minimum atomic E-state index is -4.66. The van der Waals surface area contributed by atoms with E-state index in [0.29, 0.717) is 54.6 Å². The number of carbonyl (C=O) groups excluding carboxylic acids is 8. The number of hydrogen-bond acceptors (Lipinski definition) is 22. The Kier molecular flexibility index (Phi) is 19.8. The number of unbranched alkanes of at least 4 members (excludes halogenated alkanes) is 2. The van der Waals surface area contributed by atoms with Crippen LogP contribution in [0.15, 0.2) is 178 Å². The van der Waals surface area contributed by atoms with Crippen molar-refractivity contribution in [1.29, 1.82) is 0 Å². The van der Waals surface area contributed by atoms with E-state index in [-0.39, 0.29) is 114 Å². The molecule has 26 rings (SSSR count). The van der Waals surface area contributed by atoms with Crippen LogP contribution in [0, 0.1) is 0 Å². The molecule has 20 aliphatic rings. The molecular formula is C92H104N16O16S6Si2. The summed E-state index contributed by atoms with van der Waals surface area (Å²) in [5.74, 6) is -3.14. The highest BCUT2D eigenvalue weighted by Crippen LogP contribution is 2.82. The van der Waals surface area contributed by atoms with Crippen LogP contribution in [0.5, 0.6) is 0 Å². The summed E-state index contributed by atoms with van der Waals surface area (Å²) in [5, 5.41) is 7.39. The van der Waals surface area contributed by atoms with Crippen LogP contribution in [0.25, 0.3) is 20.9 Å². The molecule has 18 heterocycles. The van der Waals surface area contributed by atoms with Crippen LogP contribution in [0.4, 0.5) is 11.4 Å². The van der Waals surface area contributed by atoms with Gasteiger partial charge in [0, 0.05) is 92.7 Å². The van der Waals surface area contributed by atoms with Gasteiger partial charge in [0.2, 0.25) is 22.9 Å². The third kappa shape index (κ3) is 10.4. The Labute approximate surface area is 784 Å². The monoisotopic (exact) mass is 1940 g/mol. The summed E-state index contributed by atoms with van der Waals surface area (Å²) in [5.41, 5.74) is 8.68. The van der Waals surface area contributed by atoms with E-state index in [0.717, 1.165) is 22.3 Å². The van der Waals surface area contributed by atoms with Crippen LogP contribution in [0.2, 0.25) is 22.2 Å². The first kappa shape index (κ1) is 89.4. The fraction of sp³-hybridized carbons (Fsp3) is 0.522. The lowest BCUT2D eigenvalue weighted by Crippen LogP contribution is -2.77. The lowest BCUT2D eigenvalue weighted by Gasteiger charge is -2.59. The number of carbonyl (C=O) groups is 8. The molecule has 32 nitrogen and oxygen atoms in total. The molecule has 132 heavy (non-hydrogen) atoms. The lowest BCUT2D eigenvalue weighted by atomic mass is 9.53. The molecule has 18 aliphatic heterocycles. The maximum absolute atomic E-state index is 16.8. The van der Waals surface area contributed by atoms with Crippen LogP contribution >= 0.6 is 43.2 Å². The molecule has 6 aromatic carbocycles. The van der Waals surface area contributed by atoms with Gasteiger partial charge in [-0.1, -0.05) is 230 Å². The Morgan fingerprint density at radius 3 is 1.30 bits per heavy atom. The zero-order valence-corrected chi connectivity index (χ0v) is 82.6. The topological polar surface area (TPSA) is 372 Å². The summed E-state index contributed by atoms with van der Waals surface area (Å²) in [6.45, 7) is 23.5. The normalized spacial score (nSPS) is 35.6. The Balaban J connectivity index is 0.000000163. The van der Waals surface area contributed by atoms with Crippen molar-refractivity contribution >= 4 is 139 Å². The van der Waals surface area contributed by atoms with Crippen molar-refractivity contribution in [3.05, 3.63) is 212 Å². The molecular weight excluding hydrogens is 1830 g/mol. The fourth-order valence-corrected chi connectivity index (χ4v) is 45.3. The van der Waals surface area contributed by atoms with E-state index in [2.05, 4.69) is 20.1 Å². The Morgan fingerprint density at radius 1 is 0.402 bits per heavy atom. The van der Waals surface area contributed by atoms with Gasteiger partial charge in [0.25, 0.3) is 67.3 Å². The molecule has 692 valence electrons. The van der Waals surface area contributed by atoms with Crippen molar-refractivity contribution < 1.29 is 72.9 Å². The highest BCUT2D eigenvalue weighted by atomic mass is 33.1. The highest BCUT2D eigenvalue weighted by Gasteiger charge is 2.93. The van der Waals surface area contributed by atoms with E-state index < -0.39 is 149 Å². The molecule has 0 saturated carbocycles. The second-order valence-electron chi connectivity index (χ2n) is 39.9. The molecule has 0 N–H and O–H groups in total. The number of likely N-dealkylation sites (N-methyl/N-ethyl adjacent to an activating group) is 2. The van der Waals surface area contributed by atoms with E-state index >= 15 is 50.4 Å². The molecule has 16 atom stereocenters. The van der Waals surface area contributed by atoms with Crippen molar-refractivity contribution in [3.63, 3.8) is 0 Å². The molecule has 0 radical (unpaired) electrons. The molecule has 4 spiro atoms. The zero-order valence-electron chi connectivity index (χ0n) is 75.7. The van der Waals surface area contributed by atoms with Gasteiger partial charge in [-0.15, -0.1) is 0 Å². The molecule has 6 aromatic rings. The lowest BCUT2D eigenvalue weighted by molar-refractivity contribution is -0.205. The summed E-state index contributed by atoms with van der Waals surface area (Å²) < 4.78 is 96.2. The molecule has 2 aliphatic carbocycles. The van der Waals surface area contributed by atoms with Crippen molar-refractivity contribution in [1.82, 2.24) is 39.2 Å². The molecule has 16 saturated heterocycles. The quantitative estimate of drug-likeness (QED) is 0.0171. The minimum absolute atomic E-state index is 0.0360. The number of piperazine rings is 4. The van der Waals surface area contributed by atoms with Gasteiger partial charge in [0.1, 0.15) is 12.3 Å². The highest BCUT2D eigenvalue weighted by molar-refractivity contribution is 8.78. The van der Waals surface area contributed by atoms with Crippen molar-refractivity contribution in [2.75, 3.05) is 48.9 Å². The number of fused-ring (bicyclic) bond motifs is 24. The summed E-state index contributed by atoms with van der Waals surface area (Å²) in [6, 6.07) is 45.2. The summed E-state index contributed by atoms with van der Waals surface area (Å²) in [4.78, 5) is 140. The van der Waals surface area contributed by atoms with E-state index in [1.165, 1.54) is 78.6 Å². The van der Waals surface area contributed by atoms with Crippen molar-refractivity contribution in [2.24, 2.45) is 10.2 Å². The van der Waals surface area contributed by atoms with Gasteiger partial charge in [0.05, 0.1) is 38.0 Å². The Bertz CT molecular complexity index is 6410. The summed E-state index contributed by atoms with van der Waals surface area (Å²) >= 11 is 0. The molecule has 0 unspecified atom stereocenters. The third-order valence-corrected chi connectivity index (χ3v) is 52.9. The van der Waals surface area contributed by atoms with Gasteiger partial charge in [-0.3, -0.25) is 53.1 Å². The first-order valence-electron chi connectivity index (χ1n) is 45.3. The summed E-state index contributed by atoms with van der Waals surface area (Å²) in [7, 11) is -7.83. The number of benzene rings is 6. The number of rotatable bonds is 20. The van der Waals surface area contributed by atoms with E-state index in [9.17, 15) is 4.79 Å². The number of azide groups is 2. The van der Waals surface area contributed by atoms with Gasteiger partial charge in [-0.25, -0.2) is 25.4 Å². The average molecular weight is 1940 g/mol. The first-order valence-corrected chi connectivity index (χ1v) is 56.4. The van der Waals surface area contributed by atoms with E-state index in [1.807, 2.05) is 133 Å². The SMILES string of the molecule is CC(C)[Si]1(C(C)C)O[C@]2(C)C(=O)N3[C@H]4Cc5ccccc5[C@@]4([C@]45C[C@]67O[Si](C(C)C)(C(C)C)O[C@](C)(C(=O)N6[C@H]4N(S(=O)(=O)c4ccccc4)c4ccccc45)N(CCCCN=[N+]=[N-])C7=O)C[C@@]3(O1)C(=O)N2C.CN1C(=O)[C@@]23C[C@]4([C@]56C[C@@]78SS[C@@](C)(C(=O)N7[C@H]5N(S(=O)(=O)c5ccccc5)c5ccccc56)N(CCCCN=[N+]=[N-])C8=O)c5ccccc5C[C@@H]4N2C(=O)[C@]1(C)SS3. The van der Waals surface area contributed by atoms with Gasteiger partial charge >= 0.3 is 17.1 Å². The van der Waals surface area contributed by atoms with Crippen LogP contribution in [0.1, 0.15) is 168 Å². The van der Waals surface area contributed by atoms with Crippen LogP contribution in [0.3, 0.4) is 0 Å². The van der Waals surface area contributed by atoms with E-state index in [4.69, 9.17) is 28.8 Å². The smallest absolute Gasteiger partial charge is 0.347 e. The predicted molar refractivity (Wildman–Crippen MR) is 500 cm³/mol. The second-order valence-corrected chi connectivity index (χ2v) is 57.5. The van der Waals surface area contributed by atoms with Crippen molar-refractivity contribution in [2.45, 2.75) is 268 Å². The van der Waals surface area contributed by atoms with Gasteiger partial charge < -0.3 is 42.2 Å². The van der Waals surface area contributed by atoms with Crippen LogP contribution in [-0.2, 0) is 111 Å². The van der Waals surface area contributed by atoms with Gasteiger partial charge in [-0.05, 0) is 169 Å².